The summed E-state index contributed by atoms with van der Waals surface area (Å²) in [5.41, 5.74) is 2.35. The predicted octanol–water partition coefficient (Wildman–Crippen LogP) is 5.28. The normalized spacial score (nSPS) is 11.6. The van der Waals surface area contributed by atoms with E-state index in [0.29, 0.717) is 17.1 Å². The standard InChI is InChI=1S/C25H24ClFN2O2/c1-2-23(30)29(17-19-10-14-22(27)15-11-19)24(20-6-4-3-5-7-20)25(31)28-16-18-8-12-21(26)13-9-18/h3-15,24H,2,16-17H2,1H3,(H,28,31)/t24-/m0/s1. The van der Waals surface area contributed by atoms with E-state index in [1.807, 2.05) is 42.5 Å². The van der Waals surface area contributed by atoms with Crippen LogP contribution in [0.4, 0.5) is 4.39 Å². The second-order valence-electron chi connectivity index (χ2n) is 7.16. The van der Waals surface area contributed by atoms with Crippen molar-refractivity contribution in [1.29, 1.82) is 0 Å². The SMILES string of the molecule is CCC(=O)N(Cc1ccc(F)cc1)[C@H](C(=O)NCc1ccc(Cl)cc1)c1ccccc1. The van der Waals surface area contributed by atoms with E-state index in [2.05, 4.69) is 5.32 Å². The minimum absolute atomic E-state index is 0.167. The average Bonchev–Trinajstić information content (AvgIpc) is 2.79. The molecule has 0 heterocycles. The van der Waals surface area contributed by atoms with Gasteiger partial charge in [-0.05, 0) is 41.0 Å². The first-order chi connectivity index (χ1) is 15.0. The van der Waals surface area contributed by atoms with Gasteiger partial charge >= 0.3 is 0 Å². The maximum atomic E-state index is 13.3. The summed E-state index contributed by atoms with van der Waals surface area (Å²) in [6.45, 7) is 2.26. The summed E-state index contributed by atoms with van der Waals surface area (Å²) in [5, 5.41) is 3.56. The van der Waals surface area contributed by atoms with Crippen LogP contribution in [0.1, 0.15) is 36.1 Å². The Balaban J connectivity index is 1.88. The summed E-state index contributed by atoms with van der Waals surface area (Å²) >= 11 is 5.93. The Labute approximate surface area is 186 Å². The van der Waals surface area contributed by atoms with Gasteiger partial charge in [-0.2, -0.15) is 0 Å². The molecular formula is C25H24ClFN2O2. The number of hydrogen-bond acceptors (Lipinski definition) is 2. The number of rotatable bonds is 8. The molecule has 0 saturated heterocycles. The number of halogens is 2. The second-order valence-corrected chi connectivity index (χ2v) is 7.60. The zero-order valence-electron chi connectivity index (χ0n) is 17.2. The first-order valence-corrected chi connectivity index (χ1v) is 10.5. The molecule has 0 bridgehead atoms. The van der Waals surface area contributed by atoms with Gasteiger partial charge in [-0.15, -0.1) is 0 Å². The molecule has 3 rings (SSSR count). The van der Waals surface area contributed by atoms with Crippen LogP contribution >= 0.6 is 11.6 Å². The summed E-state index contributed by atoms with van der Waals surface area (Å²) in [5.74, 6) is -0.803. The number of nitrogens with one attached hydrogen (secondary N) is 1. The number of carbonyl (C=O) groups excluding carboxylic acids is 2. The van der Waals surface area contributed by atoms with Gasteiger partial charge < -0.3 is 10.2 Å². The van der Waals surface area contributed by atoms with Crippen LogP contribution in [0.2, 0.25) is 5.02 Å². The van der Waals surface area contributed by atoms with Crippen molar-refractivity contribution in [2.75, 3.05) is 0 Å². The quantitative estimate of drug-likeness (QED) is 0.520. The van der Waals surface area contributed by atoms with Crippen LogP contribution in [-0.4, -0.2) is 16.7 Å². The van der Waals surface area contributed by atoms with Crippen molar-refractivity contribution < 1.29 is 14.0 Å². The van der Waals surface area contributed by atoms with Crippen LogP contribution in [0, 0.1) is 5.82 Å². The Morgan fingerprint density at radius 1 is 0.935 bits per heavy atom. The summed E-state index contributed by atoms with van der Waals surface area (Å²) in [7, 11) is 0. The lowest BCUT2D eigenvalue weighted by Gasteiger charge is -2.31. The zero-order valence-corrected chi connectivity index (χ0v) is 18.0. The molecule has 4 nitrogen and oxygen atoms in total. The molecule has 1 N–H and O–H groups in total. The molecular weight excluding hydrogens is 415 g/mol. The maximum Gasteiger partial charge on any atom is 0.247 e. The third kappa shape index (κ3) is 6.15. The van der Waals surface area contributed by atoms with Crippen molar-refractivity contribution in [2.24, 2.45) is 0 Å². The van der Waals surface area contributed by atoms with Crippen molar-refractivity contribution in [1.82, 2.24) is 10.2 Å². The Kier molecular flexibility index (Phi) is 7.79. The molecule has 0 aliphatic heterocycles. The van der Waals surface area contributed by atoms with Gasteiger partial charge in [0.05, 0.1) is 0 Å². The van der Waals surface area contributed by atoms with Crippen molar-refractivity contribution >= 4 is 23.4 Å². The molecule has 160 valence electrons. The molecule has 0 fully saturated rings. The van der Waals surface area contributed by atoms with Crippen molar-refractivity contribution in [3.8, 4) is 0 Å². The van der Waals surface area contributed by atoms with E-state index in [-0.39, 0.29) is 30.6 Å². The first-order valence-electron chi connectivity index (χ1n) is 10.1. The highest BCUT2D eigenvalue weighted by Crippen LogP contribution is 2.25. The summed E-state index contributed by atoms with van der Waals surface area (Å²) in [6.07, 6.45) is 0.245. The highest BCUT2D eigenvalue weighted by Gasteiger charge is 2.30. The highest BCUT2D eigenvalue weighted by atomic mass is 35.5. The monoisotopic (exact) mass is 438 g/mol. The van der Waals surface area contributed by atoms with Crippen LogP contribution in [0.3, 0.4) is 0 Å². The highest BCUT2D eigenvalue weighted by molar-refractivity contribution is 6.30. The third-order valence-electron chi connectivity index (χ3n) is 4.94. The second kappa shape index (κ2) is 10.7. The van der Waals surface area contributed by atoms with Gasteiger partial charge in [-0.25, -0.2) is 4.39 Å². The molecule has 6 heteroatoms. The molecule has 0 aliphatic carbocycles. The van der Waals surface area contributed by atoms with E-state index in [1.54, 1.807) is 36.1 Å². The third-order valence-corrected chi connectivity index (χ3v) is 5.20. The number of carbonyl (C=O) groups is 2. The Morgan fingerprint density at radius 3 is 2.16 bits per heavy atom. The van der Waals surface area contributed by atoms with Gasteiger partial charge in [-0.3, -0.25) is 9.59 Å². The van der Waals surface area contributed by atoms with Crippen molar-refractivity contribution in [2.45, 2.75) is 32.5 Å². The van der Waals surface area contributed by atoms with Crippen LogP contribution in [0.25, 0.3) is 0 Å². The smallest absolute Gasteiger partial charge is 0.247 e. The summed E-state index contributed by atoms with van der Waals surface area (Å²) in [4.78, 5) is 27.7. The lowest BCUT2D eigenvalue weighted by molar-refractivity contribution is -0.141. The lowest BCUT2D eigenvalue weighted by Crippen LogP contribution is -2.43. The van der Waals surface area contributed by atoms with Crippen molar-refractivity contribution in [3.05, 3.63) is 106 Å². The molecule has 31 heavy (non-hydrogen) atoms. The van der Waals surface area contributed by atoms with Crippen LogP contribution in [-0.2, 0) is 22.7 Å². The fourth-order valence-corrected chi connectivity index (χ4v) is 3.44. The van der Waals surface area contributed by atoms with Gasteiger partial charge in [0.15, 0.2) is 0 Å². The molecule has 0 aliphatic rings. The summed E-state index contributed by atoms with van der Waals surface area (Å²) < 4.78 is 13.3. The number of nitrogens with zero attached hydrogens (tertiary/aromatic N) is 1. The van der Waals surface area contributed by atoms with Gasteiger partial charge in [0, 0.05) is 24.5 Å². The van der Waals surface area contributed by atoms with Gasteiger partial charge in [0.2, 0.25) is 11.8 Å². The maximum absolute atomic E-state index is 13.3. The fraction of sp³-hybridized carbons (Fsp3) is 0.200. The summed E-state index contributed by atoms with van der Waals surface area (Å²) in [6, 6.07) is 21.5. The molecule has 0 saturated carbocycles. The van der Waals surface area contributed by atoms with E-state index >= 15 is 0 Å². The van der Waals surface area contributed by atoms with Crippen LogP contribution < -0.4 is 5.32 Å². The molecule has 3 aromatic rings. The molecule has 0 unspecified atom stereocenters. The molecule has 1 atom stereocenters. The minimum atomic E-state index is -0.814. The van der Waals surface area contributed by atoms with E-state index < -0.39 is 6.04 Å². The van der Waals surface area contributed by atoms with Crippen LogP contribution in [0.5, 0.6) is 0 Å². The minimum Gasteiger partial charge on any atom is -0.350 e. The van der Waals surface area contributed by atoms with E-state index in [4.69, 9.17) is 11.6 Å². The Hall–Kier alpha value is -3.18. The number of amides is 2. The first kappa shape index (κ1) is 22.5. The molecule has 0 aromatic heterocycles. The number of hydrogen-bond donors (Lipinski definition) is 1. The van der Waals surface area contributed by atoms with E-state index in [9.17, 15) is 14.0 Å². The van der Waals surface area contributed by atoms with E-state index in [1.165, 1.54) is 12.1 Å². The topological polar surface area (TPSA) is 49.4 Å². The lowest BCUT2D eigenvalue weighted by atomic mass is 10.0. The van der Waals surface area contributed by atoms with E-state index in [0.717, 1.165) is 11.1 Å². The molecule has 3 aromatic carbocycles. The van der Waals surface area contributed by atoms with Crippen molar-refractivity contribution in [3.63, 3.8) is 0 Å². The molecule has 2 amide bonds. The molecule has 0 radical (unpaired) electrons. The molecule has 0 spiro atoms. The van der Waals surface area contributed by atoms with Crippen LogP contribution in [0.15, 0.2) is 78.9 Å². The van der Waals surface area contributed by atoms with Gasteiger partial charge in [-0.1, -0.05) is 73.1 Å². The Bertz CT molecular complexity index is 1010. The fourth-order valence-electron chi connectivity index (χ4n) is 3.31. The number of benzene rings is 3. The zero-order chi connectivity index (χ0) is 22.2. The van der Waals surface area contributed by atoms with Gasteiger partial charge in [0.1, 0.15) is 11.9 Å². The largest absolute Gasteiger partial charge is 0.350 e. The van der Waals surface area contributed by atoms with Gasteiger partial charge in [0.25, 0.3) is 0 Å². The average molecular weight is 439 g/mol. The predicted molar refractivity (Wildman–Crippen MR) is 120 cm³/mol. The Morgan fingerprint density at radius 2 is 1.55 bits per heavy atom.